The van der Waals surface area contributed by atoms with E-state index in [1.165, 1.54) is 23.1 Å². The Balaban J connectivity index is 2.31. The summed E-state index contributed by atoms with van der Waals surface area (Å²) >= 11 is 0. The lowest BCUT2D eigenvalue weighted by atomic mass is 9.86. The van der Waals surface area contributed by atoms with Crippen LogP contribution in [-0.4, -0.2) is 0 Å². The van der Waals surface area contributed by atoms with Crippen molar-refractivity contribution in [3.63, 3.8) is 0 Å². The number of hydrogen-bond acceptors (Lipinski definition) is 0. The summed E-state index contributed by atoms with van der Waals surface area (Å²) in [5.74, 6) is 1.36. The molecule has 2 aromatic carbocycles. The quantitative estimate of drug-likeness (QED) is 0.659. The van der Waals surface area contributed by atoms with Crippen LogP contribution in [0, 0.1) is 5.92 Å². The average Bonchev–Trinajstić information content (AvgIpc) is 2.46. The Morgan fingerprint density at radius 3 is 2.17 bits per heavy atom. The minimum Gasteiger partial charge on any atom is -0.0651 e. The van der Waals surface area contributed by atoms with E-state index in [0.29, 0.717) is 5.92 Å². The molecule has 18 heavy (non-hydrogen) atoms. The number of rotatable bonds is 4. The van der Waals surface area contributed by atoms with E-state index in [0.717, 1.165) is 5.92 Å². The molecule has 0 N–H and O–H groups in total. The number of hydrogen-bond donors (Lipinski definition) is 0. The molecule has 0 fully saturated rings. The Morgan fingerprint density at radius 2 is 1.50 bits per heavy atom. The molecule has 0 bridgehead atoms. The maximum Gasteiger partial charge on any atom is -0.0165 e. The van der Waals surface area contributed by atoms with Crippen molar-refractivity contribution in [3.8, 4) is 11.1 Å². The maximum absolute atomic E-state index is 2.34. The van der Waals surface area contributed by atoms with Crippen LogP contribution in [0.2, 0.25) is 0 Å². The van der Waals surface area contributed by atoms with Gasteiger partial charge in [0.1, 0.15) is 0 Å². The van der Waals surface area contributed by atoms with Crippen molar-refractivity contribution in [1.29, 1.82) is 0 Å². The van der Waals surface area contributed by atoms with Gasteiger partial charge >= 0.3 is 0 Å². The summed E-state index contributed by atoms with van der Waals surface area (Å²) in [5.41, 5.74) is 4.07. The van der Waals surface area contributed by atoms with Crippen molar-refractivity contribution >= 4 is 0 Å². The van der Waals surface area contributed by atoms with Gasteiger partial charge in [0.05, 0.1) is 0 Å². The number of benzene rings is 2. The summed E-state index contributed by atoms with van der Waals surface area (Å²) < 4.78 is 0. The van der Waals surface area contributed by atoms with Crippen molar-refractivity contribution in [3.05, 3.63) is 60.2 Å². The molecule has 0 nitrogen and oxygen atoms in total. The molecule has 94 valence electrons. The highest BCUT2D eigenvalue weighted by Crippen LogP contribution is 2.29. The van der Waals surface area contributed by atoms with Crippen LogP contribution in [0.4, 0.5) is 0 Å². The summed E-state index contributed by atoms with van der Waals surface area (Å²) in [6.07, 6.45) is 1.23. The molecule has 2 unspecified atom stereocenters. The van der Waals surface area contributed by atoms with E-state index in [4.69, 9.17) is 0 Å². The van der Waals surface area contributed by atoms with Crippen molar-refractivity contribution in [2.75, 3.05) is 0 Å². The van der Waals surface area contributed by atoms with Gasteiger partial charge < -0.3 is 0 Å². The molecule has 0 spiro atoms. The minimum absolute atomic E-state index is 0.624. The largest absolute Gasteiger partial charge is 0.0651 e. The van der Waals surface area contributed by atoms with Crippen molar-refractivity contribution in [1.82, 2.24) is 0 Å². The van der Waals surface area contributed by atoms with E-state index >= 15 is 0 Å². The summed E-state index contributed by atoms with van der Waals surface area (Å²) in [5, 5.41) is 0. The van der Waals surface area contributed by atoms with Crippen LogP contribution in [0.1, 0.15) is 38.7 Å². The van der Waals surface area contributed by atoms with Crippen molar-refractivity contribution < 1.29 is 0 Å². The molecule has 0 saturated carbocycles. The molecule has 0 radical (unpaired) electrons. The van der Waals surface area contributed by atoms with Crippen molar-refractivity contribution in [2.24, 2.45) is 5.92 Å². The SMILES string of the molecule is CCC(C)C(C)c1cccc(-c2ccccc2)c1. The molecule has 0 aromatic heterocycles. The van der Waals surface area contributed by atoms with Crippen LogP contribution in [0.3, 0.4) is 0 Å². The molecule has 0 amide bonds. The summed E-state index contributed by atoms with van der Waals surface area (Å²) in [7, 11) is 0. The van der Waals surface area contributed by atoms with Gasteiger partial charge in [-0.1, -0.05) is 81.8 Å². The van der Waals surface area contributed by atoms with E-state index in [9.17, 15) is 0 Å². The van der Waals surface area contributed by atoms with E-state index in [1.807, 2.05) is 0 Å². The standard InChI is InChI=1S/C18H22/c1-4-14(2)15(3)17-11-8-12-18(13-17)16-9-6-5-7-10-16/h5-15H,4H2,1-3H3. The highest BCUT2D eigenvalue weighted by atomic mass is 14.2. The molecular weight excluding hydrogens is 216 g/mol. The molecular formula is C18H22. The monoisotopic (exact) mass is 238 g/mol. The molecule has 2 rings (SSSR count). The van der Waals surface area contributed by atoms with Gasteiger partial charge in [0.25, 0.3) is 0 Å². The fourth-order valence-corrected chi connectivity index (χ4v) is 2.31. The molecule has 0 aliphatic heterocycles. The van der Waals surface area contributed by atoms with Gasteiger partial charge in [0, 0.05) is 0 Å². The van der Waals surface area contributed by atoms with Crippen LogP contribution in [0.25, 0.3) is 11.1 Å². The predicted molar refractivity (Wildman–Crippen MR) is 79.7 cm³/mol. The normalized spacial score (nSPS) is 14.2. The Kier molecular flexibility index (Phi) is 4.19. The lowest BCUT2D eigenvalue weighted by molar-refractivity contribution is 0.473. The van der Waals surface area contributed by atoms with E-state index < -0.39 is 0 Å². The van der Waals surface area contributed by atoms with Gasteiger partial charge in [0.2, 0.25) is 0 Å². The fraction of sp³-hybridized carbons (Fsp3) is 0.333. The van der Waals surface area contributed by atoms with Crippen LogP contribution in [0.5, 0.6) is 0 Å². The van der Waals surface area contributed by atoms with Crippen LogP contribution >= 0.6 is 0 Å². The Labute approximate surface area is 111 Å². The van der Waals surface area contributed by atoms with E-state index in [-0.39, 0.29) is 0 Å². The summed E-state index contributed by atoms with van der Waals surface area (Å²) in [4.78, 5) is 0. The lowest BCUT2D eigenvalue weighted by Gasteiger charge is -2.19. The summed E-state index contributed by atoms with van der Waals surface area (Å²) in [6, 6.07) is 19.6. The first-order chi connectivity index (χ1) is 8.72. The second-order valence-electron chi connectivity index (χ2n) is 5.17. The van der Waals surface area contributed by atoms with Gasteiger partial charge in [-0.05, 0) is 28.5 Å². The molecule has 0 heteroatoms. The van der Waals surface area contributed by atoms with Gasteiger partial charge in [-0.25, -0.2) is 0 Å². The zero-order valence-corrected chi connectivity index (χ0v) is 11.6. The van der Waals surface area contributed by atoms with Crippen LogP contribution in [-0.2, 0) is 0 Å². The Bertz CT molecular complexity index is 484. The predicted octanol–water partition coefficient (Wildman–Crippen LogP) is 5.50. The molecule has 2 aromatic rings. The van der Waals surface area contributed by atoms with E-state index in [2.05, 4.69) is 75.4 Å². The third-order valence-corrected chi connectivity index (χ3v) is 4.02. The Morgan fingerprint density at radius 1 is 0.833 bits per heavy atom. The molecule has 0 heterocycles. The van der Waals surface area contributed by atoms with Gasteiger partial charge in [-0.15, -0.1) is 0 Å². The van der Waals surface area contributed by atoms with Gasteiger partial charge in [-0.3, -0.25) is 0 Å². The highest BCUT2D eigenvalue weighted by Gasteiger charge is 2.12. The fourth-order valence-electron chi connectivity index (χ4n) is 2.31. The highest BCUT2D eigenvalue weighted by molar-refractivity contribution is 5.64. The topological polar surface area (TPSA) is 0 Å². The third-order valence-electron chi connectivity index (χ3n) is 4.02. The smallest absolute Gasteiger partial charge is 0.0165 e. The average molecular weight is 238 g/mol. The van der Waals surface area contributed by atoms with Gasteiger partial charge in [0.15, 0.2) is 0 Å². The zero-order chi connectivity index (χ0) is 13.0. The molecule has 2 atom stereocenters. The minimum atomic E-state index is 0.624. The van der Waals surface area contributed by atoms with Gasteiger partial charge in [-0.2, -0.15) is 0 Å². The Hall–Kier alpha value is -1.56. The first-order valence-corrected chi connectivity index (χ1v) is 6.87. The van der Waals surface area contributed by atoms with Crippen LogP contribution < -0.4 is 0 Å². The molecule has 0 saturated heterocycles. The van der Waals surface area contributed by atoms with Crippen molar-refractivity contribution in [2.45, 2.75) is 33.1 Å². The first-order valence-electron chi connectivity index (χ1n) is 6.87. The van der Waals surface area contributed by atoms with E-state index in [1.54, 1.807) is 0 Å². The molecule has 0 aliphatic carbocycles. The summed E-state index contributed by atoms with van der Waals surface area (Å²) in [6.45, 7) is 6.93. The first kappa shape index (κ1) is 12.9. The second kappa shape index (κ2) is 5.86. The maximum atomic E-state index is 2.34. The van der Waals surface area contributed by atoms with Crippen LogP contribution in [0.15, 0.2) is 54.6 Å². The third kappa shape index (κ3) is 2.81. The lowest BCUT2D eigenvalue weighted by Crippen LogP contribution is -2.04. The molecule has 0 aliphatic rings. The second-order valence-corrected chi connectivity index (χ2v) is 5.17. The zero-order valence-electron chi connectivity index (χ0n) is 11.6.